The van der Waals surface area contributed by atoms with Crippen molar-refractivity contribution >= 4 is 22.7 Å². The van der Waals surface area contributed by atoms with Crippen molar-refractivity contribution in [3.63, 3.8) is 0 Å². The minimum atomic E-state index is -0.293. The van der Waals surface area contributed by atoms with Crippen LogP contribution in [0.5, 0.6) is 0 Å². The van der Waals surface area contributed by atoms with Crippen LogP contribution in [0.2, 0.25) is 0 Å². The molecule has 0 unspecified atom stereocenters. The lowest BCUT2D eigenvalue weighted by atomic mass is 10.1. The second kappa shape index (κ2) is 5.91. The highest BCUT2D eigenvalue weighted by Crippen LogP contribution is 2.26. The number of thioether (sulfide) groups is 1. The van der Waals surface area contributed by atoms with Gasteiger partial charge < -0.3 is 15.1 Å². The first kappa shape index (κ1) is 14.2. The van der Waals surface area contributed by atoms with E-state index in [0.29, 0.717) is 22.8 Å². The highest BCUT2D eigenvalue weighted by Gasteiger charge is 2.17. The summed E-state index contributed by atoms with van der Waals surface area (Å²) in [7, 11) is 0. The Balaban J connectivity index is 1.76. The molecule has 5 nitrogen and oxygen atoms in total. The summed E-state index contributed by atoms with van der Waals surface area (Å²) < 4.78 is 5.62. The Morgan fingerprint density at radius 3 is 2.90 bits per heavy atom. The van der Waals surface area contributed by atoms with Gasteiger partial charge in [-0.1, -0.05) is 43.8 Å². The van der Waals surface area contributed by atoms with Crippen LogP contribution in [0.4, 0.5) is 0 Å². The first-order valence-electron chi connectivity index (χ1n) is 6.94. The fraction of sp³-hybridized carbons (Fsp3) is 0.333. The molecule has 0 fully saturated rings. The van der Waals surface area contributed by atoms with E-state index in [1.165, 1.54) is 5.39 Å². The number of nitrogens with zero attached hydrogens (tertiary/aromatic N) is 2. The molecule has 0 spiro atoms. The fourth-order valence-electron chi connectivity index (χ4n) is 2.24. The number of aromatic amines is 1. The normalized spacial score (nSPS) is 13.1. The maximum absolute atomic E-state index is 6.20. The number of nitrogens with two attached hydrogens (primary N) is 1. The van der Waals surface area contributed by atoms with Crippen LogP contribution >= 0.6 is 11.8 Å². The van der Waals surface area contributed by atoms with Crippen molar-refractivity contribution < 1.29 is 4.42 Å². The summed E-state index contributed by atoms with van der Waals surface area (Å²) >= 11 is 1.55. The molecule has 2 heterocycles. The zero-order valence-corrected chi connectivity index (χ0v) is 12.9. The molecule has 1 aromatic carbocycles. The first-order valence-corrected chi connectivity index (χ1v) is 7.82. The van der Waals surface area contributed by atoms with Gasteiger partial charge in [-0.3, -0.25) is 0 Å². The Morgan fingerprint density at radius 2 is 2.10 bits per heavy atom. The van der Waals surface area contributed by atoms with E-state index in [1.807, 2.05) is 18.3 Å². The van der Waals surface area contributed by atoms with E-state index in [9.17, 15) is 0 Å². The van der Waals surface area contributed by atoms with Crippen LogP contribution in [0, 0.1) is 0 Å². The largest absolute Gasteiger partial charge is 0.414 e. The lowest BCUT2D eigenvalue weighted by molar-refractivity contribution is 0.385. The number of nitrogens with one attached hydrogen (secondary N) is 1. The smallest absolute Gasteiger partial charge is 0.276 e. The van der Waals surface area contributed by atoms with Crippen LogP contribution in [0.3, 0.4) is 0 Å². The van der Waals surface area contributed by atoms with Gasteiger partial charge in [0, 0.05) is 22.3 Å². The van der Waals surface area contributed by atoms with Crippen molar-refractivity contribution in [3.8, 4) is 0 Å². The standard InChI is InChI=1S/C15H18N4OS/c1-9(2)21-15-19-18-14(20-15)12(16)7-10-8-17-13-6-4-3-5-11(10)13/h3-6,8-9,12,17H,7,16H2,1-2H3/t12-/m0/s1. The molecule has 21 heavy (non-hydrogen) atoms. The van der Waals surface area contributed by atoms with E-state index in [2.05, 4.69) is 41.2 Å². The predicted molar refractivity (Wildman–Crippen MR) is 84.2 cm³/mol. The number of para-hydroxylation sites is 1. The molecule has 110 valence electrons. The number of H-pyrrole nitrogens is 1. The molecule has 2 aromatic heterocycles. The lowest BCUT2D eigenvalue weighted by Crippen LogP contribution is -2.13. The highest BCUT2D eigenvalue weighted by atomic mass is 32.2. The van der Waals surface area contributed by atoms with Gasteiger partial charge in [0.1, 0.15) is 0 Å². The average molecular weight is 302 g/mol. The molecule has 0 amide bonds. The SMILES string of the molecule is CC(C)Sc1nnc([C@@H](N)Cc2c[nH]c3ccccc23)o1. The first-order chi connectivity index (χ1) is 10.1. The molecule has 0 aliphatic carbocycles. The summed E-state index contributed by atoms with van der Waals surface area (Å²) in [6.07, 6.45) is 2.66. The zero-order valence-electron chi connectivity index (χ0n) is 12.0. The molecule has 3 aromatic rings. The summed E-state index contributed by atoms with van der Waals surface area (Å²) in [5.74, 6) is 0.489. The Morgan fingerprint density at radius 1 is 1.29 bits per heavy atom. The van der Waals surface area contributed by atoms with Crippen LogP contribution in [-0.2, 0) is 6.42 Å². The molecule has 0 aliphatic rings. The van der Waals surface area contributed by atoms with Crippen LogP contribution < -0.4 is 5.73 Å². The quantitative estimate of drug-likeness (QED) is 0.707. The van der Waals surface area contributed by atoms with Crippen molar-refractivity contribution in [2.24, 2.45) is 5.73 Å². The minimum absolute atomic E-state index is 0.293. The van der Waals surface area contributed by atoms with Crippen LogP contribution in [-0.4, -0.2) is 20.4 Å². The second-order valence-corrected chi connectivity index (χ2v) is 6.77. The summed E-state index contributed by atoms with van der Waals surface area (Å²) in [5.41, 5.74) is 8.48. The molecule has 3 rings (SSSR count). The molecule has 0 saturated carbocycles. The minimum Gasteiger partial charge on any atom is -0.414 e. The van der Waals surface area contributed by atoms with Gasteiger partial charge >= 0.3 is 0 Å². The molecule has 6 heteroatoms. The molecular weight excluding hydrogens is 284 g/mol. The molecule has 1 atom stereocenters. The summed E-state index contributed by atoms with van der Waals surface area (Å²) in [6.45, 7) is 4.17. The summed E-state index contributed by atoms with van der Waals surface area (Å²) in [6, 6.07) is 7.87. The highest BCUT2D eigenvalue weighted by molar-refractivity contribution is 7.99. The van der Waals surface area contributed by atoms with E-state index in [0.717, 1.165) is 11.1 Å². The van der Waals surface area contributed by atoms with Gasteiger partial charge in [0.15, 0.2) is 0 Å². The van der Waals surface area contributed by atoms with Gasteiger partial charge in [0.05, 0.1) is 6.04 Å². The van der Waals surface area contributed by atoms with Gasteiger partial charge in [-0.2, -0.15) is 0 Å². The van der Waals surface area contributed by atoms with E-state index >= 15 is 0 Å². The van der Waals surface area contributed by atoms with Crippen LogP contribution in [0.15, 0.2) is 40.1 Å². The van der Waals surface area contributed by atoms with Crippen molar-refractivity contribution in [2.45, 2.75) is 36.8 Å². The van der Waals surface area contributed by atoms with Crippen LogP contribution in [0.1, 0.15) is 31.3 Å². The number of benzene rings is 1. The van der Waals surface area contributed by atoms with Crippen LogP contribution in [0.25, 0.3) is 10.9 Å². The van der Waals surface area contributed by atoms with E-state index < -0.39 is 0 Å². The van der Waals surface area contributed by atoms with Gasteiger partial charge in [-0.25, -0.2) is 0 Å². The Hall–Kier alpha value is -1.79. The molecule has 0 bridgehead atoms. The third-order valence-electron chi connectivity index (χ3n) is 3.19. The van der Waals surface area contributed by atoms with Crippen molar-refractivity contribution in [1.29, 1.82) is 0 Å². The lowest BCUT2D eigenvalue weighted by Gasteiger charge is -2.06. The fourth-order valence-corrected chi connectivity index (χ4v) is 2.87. The monoisotopic (exact) mass is 302 g/mol. The van der Waals surface area contributed by atoms with E-state index in [1.54, 1.807) is 11.8 Å². The molecular formula is C15H18N4OS. The third-order valence-corrected chi connectivity index (χ3v) is 4.03. The number of hydrogen-bond acceptors (Lipinski definition) is 5. The molecule has 3 N–H and O–H groups in total. The number of fused-ring (bicyclic) bond motifs is 1. The topological polar surface area (TPSA) is 80.7 Å². The zero-order chi connectivity index (χ0) is 14.8. The maximum atomic E-state index is 6.20. The average Bonchev–Trinajstić information content (AvgIpc) is 3.06. The molecule has 0 radical (unpaired) electrons. The maximum Gasteiger partial charge on any atom is 0.276 e. The van der Waals surface area contributed by atoms with Gasteiger partial charge in [-0.05, 0) is 18.1 Å². The molecule has 0 aliphatic heterocycles. The van der Waals surface area contributed by atoms with Gasteiger partial charge in [0.25, 0.3) is 5.22 Å². The van der Waals surface area contributed by atoms with Crippen molar-refractivity contribution in [3.05, 3.63) is 41.9 Å². The third kappa shape index (κ3) is 3.11. The Labute approximate surface area is 127 Å². The Bertz CT molecular complexity index is 734. The van der Waals surface area contributed by atoms with Crippen molar-refractivity contribution in [1.82, 2.24) is 15.2 Å². The van der Waals surface area contributed by atoms with E-state index in [-0.39, 0.29) is 6.04 Å². The predicted octanol–water partition coefficient (Wildman–Crippen LogP) is 3.29. The van der Waals surface area contributed by atoms with E-state index in [4.69, 9.17) is 10.2 Å². The summed E-state index contributed by atoms with van der Waals surface area (Å²) in [4.78, 5) is 3.25. The molecule has 0 saturated heterocycles. The number of rotatable bonds is 5. The van der Waals surface area contributed by atoms with Gasteiger partial charge in [0.2, 0.25) is 5.89 Å². The Kier molecular flexibility index (Phi) is 3.98. The van der Waals surface area contributed by atoms with Gasteiger partial charge in [-0.15, -0.1) is 10.2 Å². The number of hydrogen-bond donors (Lipinski definition) is 2. The second-order valence-electron chi connectivity index (χ2n) is 5.24. The van der Waals surface area contributed by atoms with Crippen molar-refractivity contribution in [2.75, 3.05) is 0 Å². The number of aromatic nitrogens is 3. The summed E-state index contributed by atoms with van der Waals surface area (Å²) in [5, 5.41) is 10.3.